The third-order valence-corrected chi connectivity index (χ3v) is 2.21. The van der Waals surface area contributed by atoms with Gasteiger partial charge < -0.3 is 20.6 Å². The highest BCUT2D eigenvalue weighted by molar-refractivity contribution is 7.85. The van der Waals surface area contributed by atoms with E-state index in [0.717, 1.165) is 0 Å². The molecule has 1 unspecified atom stereocenters. The van der Waals surface area contributed by atoms with Gasteiger partial charge in [0.1, 0.15) is 0 Å². The van der Waals surface area contributed by atoms with Gasteiger partial charge in [0.05, 0.1) is 12.4 Å². The van der Waals surface area contributed by atoms with Crippen LogP contribution in [0.4, 0.5) is 0 Å². The molecule has 1 rings (SSSR count). The number of aromatic hydroxyl groups is 2. The lowest BCUT2D eigenvalue weighted by molar-refractivity contribution is 0.163. The average Bonchev–Trinajstić information content (AvgIpc) is 2.26. The van der Waals surface area contributed by atoms with Gasteiger partial charge in [-0.3, -0.25) is 4.55 Å². The van der Waals surface area contributed by atoms with Crippen LogP contribution in [0.3, 0.4) is 0 Å². The summed E-state index contributed by atoms with van der Waals surface area (Å²) in [7, 11) is -3.67. The molecule has 0 spiro atoms. The molecule has 0 saturated heterocycles. The molecule has 0 aliphatic carbocycles. The zero-order valence-electron chi connectivity index (χ0n) is 12.5. The van der Waals surface area contributed by atoms with Crippen LogP contribution in [-0.4, -0.2) is 46.6 Å². The molecule has 0 amide bonds. The smallest absolute Gasteiger partial charge is 0.261 e. The van der Waals surface area contributed by atoms with Crippen LogP contribution >= 0.6 is 0 Å². The molecule has 0 saturated carbocycles. The normalized spacial score (nSPS) is 13.2. The van der Waals surface area contributed by atoms with E-state index < -0.39 is 16.2 Å². The van der Waals surface area contributed by atoms with Gasteiger partial charge in [0.2, 0.25) is 0 Å². The molecule has 1 atom stereocenters. The molecule has 0 aliphatic rings. The molecular weight excluding hydrogens is 298 g/mol. The lowest BCUT2D eigenvalue weighted by Crippen LogP contribution is -2.38. The number of phenols is 2. The Morgan fingerprint density at radius 3 is 2.05 bits per heavy atom. The number of aliphatic hydroxyl groups excluding tert-OH is 1. The topological polar surface area (TPSA) is 127 Å². The van der Waals surface area contributed by atoms with Crippen molar-refractivity contribution in [2.75, 3.05) is 12.8 Å². The van der Waals surface area contributed by atoms with Crippen molar-refractivity contribution >= 4 is 10.1 Å². The van der Waals surface area contributed by atoms with Crippen LogP contribution in [0.15, 0.2) is 18.2 Å². The van der Waals surface area contributed by atoms with E-state index in [-0.39, 0.29) is 17.0 Å². The summed E-state index contributed by atoms with van der Waals surface area (Å²) in [6.45, 7) is 6.42. The second-order valence-corrected chi connectivity index (χ2v) is 7.09. The van der Waals surface area contributed by atoms with Crippen molar-refractivity contribution in [1.82, 2.24) is 5.32 Å². The van der Waals surface area contributed by atoms with Gasteiger partial charge in [0.15, 0.2) is 11.5 Å². The summed E-state index contributed by atoms with van der Waals surface area (Å²) in [5.74, 6) is -0.396. The van der Waals surface area contributed by atoms with Crippen molar-refractivity contribution in [2.45, 2.75) is 32.4 Å². The first kappa shape index (κ1) is 19.7. The summed E-state index contributed by atoms with van der Waals surface area (Å²) in [4.78, 5) is 0. The number of hydrogen-bond acceptors (Lipinski definition) is 6. The number of hydrogen-bond donors (Lipinski definition) is 5. The van der Waals surface area contributed by atoms with Gasteiger partial charge in [0, 0.05) is 12.1 Å². The minimum atomic E-state index is -3.67. The molecule has 0 radical (unpaired) electrons. The van der Waals surface area contributed by atoms with E-state index in [9.17, 15) is 18.6 Å². The van der Waals surface area contributed by atoms with Gasteiger partial charge in [0.25, 0.3) is 10.1 Å². The number of aliphatic hydroxyl groups is 1. The van der Waals surface area contributed by atoms with Crippen LogP contribution in [0, 0.1) is 0 Å². The van der Waals surface area contributed by atoms with Crippen LogP contribution in [0.25, 0.3) is 0 Å². The highest BCUT2D eigenvalue weighted by atomic mass is 32.2. The third kappa shape index (κ3) is 11.0. The summed E-state index contributed by atoms with van der Waals surface area (Å²) in [6, 6.07) is 4.32. The molecule has 5 N–H and O–H groups in total. The summed E-state index contributed by atoms with van der Waals surface area (Å²) in [5.41, 5.74) is 0.506. The maximum atomic E-state index is 9.84. The summed E-state index contributed by atoms with van der Waals surface area (Å²) >= 11 is 0. The molecule has 1 aromatic rings. The molecule has 1 aromatic carbocycles. The van der Waals surface area contributed by atoms with Crippen LogP contribution in [-0.2, 0) is 10.1 Å². The minimum absolute atomic E-state index is 0.0695. The van der Waals surface area contributed by atoms with Crippen molar-refractivity contribution in [1.29, 1.82) is 0 Å². The summed E-state index contributed by atoms with van der Waals surface area (Å²) in [5, 5.41) is 31.4. The van der Waals surface area contributed by atoms with E-state index >= 15 is 0 Å². The first-order valence-corrected chi connectivity index (χ1v) is 8.02. The number of nitrogens with one attached hydrogen (secondary N) is 1. The molecule has 0 fully saturated rings. The Morgan fingerprint density at radius 2 is 1.67 bits per heavy atom. The molecule has 0 aliphatic heterocycles. The van der Waals surface area contributed by atoms with Crippen molar-refractivity contribution in [3.8, 4) is 11.5 Å². The lowest BCUT2D eigenvalue weighted by Gasteiger charge is -2.23. The summed E-state index contributed by atoms with van der Waals surface area (Å²) < 4.78 is 25.9. The van der Waals surface area contributed by atoms with Gasteiger partial charge in [-0.15, -0.1) is 0 Å². The zero-order chi connectivity index (χ0) is 16.8. The van der Waals surface area contributed by atoms with Crippen LogP contribution in [0.1, 0.15) is 32.4 Å². The zero-order valence-corrected chi connectivity index (χ0v) is 13.3. The van der Waals surface area contributed by atoms with E-state index in [1.807, 2.05) is 20.8 Å². The van der Waals surface area contributed by atoms with Gasteiger partial charge >= 0.3 is 0 Å². The maximum Gasteiger partial charge on any atom is 0.261 e. The Labute approximate surface area is 125 Å². The van der Waals surface area contributed by atoms with E-state index in [4.69, 9.17) is 9.66 Å². The minimum Gasteiger partial charge on any atom is -0.504 e. The SMILES string of the molecule is CC(C)(C)NCC(O)c1ccc(O)c(O)c1.CS(=O)(=O)O. The molecule has 21 heavy (non-hydrogen) atoms. The van der Waals surface area contributed by atoms with Crippen LogP contribution in [0.2, 0.25) is 0 Å². The largest absolute Gasteiger partial charge is 0.504 e. The Bertz CT molecular complexity index is 542. The quantitative estimate of drug-likeness (QED) is 0.415. The number of β-amino-alcohol motifs (C(OH)–C–C–N with tert-alkyl or cyclic N) is 1. The molecule has 0 bridgehead atoms. The fourth-order valence-electron chi connectivity index (χ4n) is 1.27. The fourth-order valence-corrected chi connectivity index (χ4v) is 1.27. The predicted octanol–water partition coefficient (Wildman–Crippen LogP) is 1.02. The van der Waals surface area contributed by atoms with Gasteiger partial charge in [-0.25, -0.2) is 0 Å². The Morgan fingerprint density at radius 1 is 1.19 bits per heavy atom. The van der Waals surface area contributed by atoms with E-state index in [2.05, 4.69) is 5.32 Å². The van der Waals surface area contributed by atoms with E-state index in [0.29, 0.717) is 18.4 Å². The average molecular weight is 321 g/mol. The lowest BCUT2D eigenvalue weighted by atomic mass is 10.1. The molecule has 122 valence electrons. The second kappa shape index (κ2) is 7.60. The van der Waals surface area contributed by atoms with Gasteiger partial charge in [-0.2, -0.15) is 8.42 Å². The fraction of sp³-hybridized carbons (Fsp3) is 0.538. The Kier molecular flexibility index (Phi) is 7.11. The monoisotopic (exact) mass is 321 g/mol. The van der Waals surface area contributed by atoms with Crippen molar-refractivity contribution in [3.05, 3.63) is 23.8 Å². The van der Waals surface area contributed by atoms with E-state index in [1.54, 1.807) is 6.07 Å². The third-order valence-electron chi connectivity index (χ3n) is 2.21. The number of phenolic OH excluding ortho intramolecular Hbond substituents is 2. The Hall–Kier alpha value is -1.35. The standard InChI is InChI=1S/C12H19NO3.CH4O3S/c1-12(2,3)13-7-11(16)8-4-5-9(14)10(15)6-8;1-5(2,3)4/h4-6,11,13-16H,7H2,1-3H3;1H3,(H,2,3,4). The van der Waals surface area contributed by atoms with E-state index in [1.165, 1.54) is 12.1 Å². The maximum absolute atomic E-state index is 9.84. The number of rotatable bonds is 3. The molecular formula is C13H23NO6S. The second-order valence-electron chi connectivity index (χ2n) is 5.63. The van der Waals surface area contributed by atoms with Crippen LogP contribution in [0.5, 0.6) is 11.5 Å². The first-order chi connectivity index (χ1) is 9.29. The highest BCUT2D eigenvalue weighted by Gasteiger charge is 2.14. The number of benzene rings is 1. The highest BCUT2D eigenvalue weighted by Crippen LogP contribution is 2.27. The molecule has 0 heterocycles. The van der Waals surface area contributed by atoms with Crippen molar-refractivity contribution in [3.63, 3.8) is 0 Å². The van der Waals surface area contributed by atoms with Crippen molar-refractivity contribution < 1.29 is 28.3 Å². The molecule has 7 nitrogen and oxygen atoms in total. The first-order valence-electron chi connectivity index (χ1n) is 6.17. The predicted molar refractivity (Wildman–Crippen MR) is 80.0 cm³/mol. The molecule has 8 heteroatoms. The molecule has 0 aromatic heterocycles. The van der Waals surface area contributed by atoms with Gasteiger partial charge in [-0.05, 0) is 38.5 Å². The Balaban J connectivity index is 0.000000690. The van der Waals surface area contributed by atoms with Crippen LogP contribution < -0.4 is 5.32 Å². The summed E-state index contributed by atoms with van der Waals surface area (Å²) in [6.07, 6.45) is 0.0122. The van der Waals surface area contributed by atoms with Crippen molar-refractivity contribution in [2.24, 2.45) is 0 Å². The van der Waals surface area contributed by atoms with Gasteiger partial charge in [-0.1, -0.05) is 6.07 Å².